The number of aliphatic hydroxyl groups is 2. The molecule has 1 saturated carbocycles. The average Bonchev–Trinajstić information content (AvgIpc) is 3.13. The van der Waals surface area contributed by atoms with Gasteiger partial charge in [-0.25, -0.2) is 0 Å². The Hall–Kier alpha value is -3.76. The second kappa shape index (κ2) is 11.7. The zero-order valence-corrected chi connectivity index (χ0v) is 27.6. The second-order valence-corrected chi connectivity index (χ2v) is 14.0. The van der Waals surface area contributed by atoms with Crippen LogP contribution in [0.25, 0.3) is 0 Å². The number of Topliss-reactive ketones (excluding diaryl/α,β-unsaturated/α-hetero) is 1. The van der Waals surface area contributed by atoms with Crippen LogP contribution in [-0.4, -0.2) is 64.1 Å². The molecule has 6 rings (SSSR count). The number of carbonyl (C=O) groups excluding carboxylic acids is 2. The first-order valence-corrected chi connectivity index (χ1v) is 16.1. The lowest BCUT2D eigenvalue weighted by atomic mass is 9.49. The molecule has 1 aliphatic heterocycles. The van der Waals surface area contributed by atoms with E-state index in [1.54, 1.807) is 19.1 Å². The van der Waals surface area contributed by atoms with E-state index < -0.39 is 46.4 Å². The fourth-order valence-electron chi connectivity index (χ4n) is 8.78. The van der Waals surface area contributed by atoms with Crippen LogP contribution < -0.4 is 4.74 Å². The molecular formula is C38H44O9. The van der Waals surface area contributed by atoms with Crippen LogP contribution in [0.1, 0.15) is 51.7 Å². The van der Waals surface area contributed by atoms with Gasteiger partial charge in [-0.05, 0) is 60.6 Å². The Morgan fingerprint density at radius 3 is 2.53 bits per heavy atom. The molecule has 250 valence electrons. The number of rotatable bonds is 8. The van der Waals surface area contributed by atoms with Crippen LogP contribution in [0.4, 0.5) is 0 Å². The van der Waals surface area contributed by atoms with Crippen molar-refractivity contribution in [3.63, 3.8) is 0 Å². The van der Waals surface area contributed by atoms with E-state index in [1.807, 2.05) is 63.3 Å². The van der Waals surface area contributed by atoms with Crippen molar-refractivity contribution in [3.8, 4) is 11.5 Å². The number of hydrogen-bond acceptors (Lipinski definition) is 9. The molecule has 2 fully saturated rings. The minimum atomic E-state index is -2.06. The summed E-state index contributed by atoms with van der Waals surface area (Å²) in [5.41, 5.74) is -1.23. The molecule has 2 aromatic carbocycles. The van der Waals surface area contributed by atoms with Gasteiger partial charge in [0.1, 0.15) is 12.2 Å². The van der Waals surface area contributed by atoms with E-state index in [4.69, 9.17) is 18.9 Å². The molecule has 1 heterocycles. The SMILES string of the molecule is C=C(C)C1C[C@@H](C)[C@@]23OC(O)(Cc4ccccc4)O[C@@H]1[C@@H]2C=C(COC(=O)Cc1ccc(O)c(OC)c1)C[C@]1(O)C(=O)C(C)=C[C@@]31C. The highest BCUT2D eigenvalue weighted by Crippen LogP contribution is 2.67. The lowest BCUT2D eigenvalue weighted by Gasteiger charge is -2.66. The molecule has 3 N–H and O–H groups in total. The van der Waals surface area contributed by atoms with E-state index in [9.17, 15) is 24.9 Å². The van der Waals surface area contributed by atoms with Crippen LogP contribution in [0.3, 0.4) is 0 Å². The van der Waals surface area contributed by atoms with Crippen LogP contribution in [0, 0.1) is 23.2 Å². The Kier molecular flexibility index (Phi) is 8.28. The second-order valence-electron chi connectivity index (χ2n) is 14.0. The number of ether oxygens (including phenoxy) is 4. The summed E-state index contributed by atoms with van der Waals surface area (Å²) < 4.78 is 24.4. The Morgan fingerprint density at radius 1 is 1.13 bits per heavy atom. The molecule has 9 nitrogen and oxygen atoms in total. The molecule has 0 radical (unpaired) electrons. The van der Waals surface area contributed by atoms with Crippen molar-refractivity contribution in [1.82, 2.24) is 0 Å². The Balaban J connectivity index is 1.41. The van der Waals surface area contributed by atoms with Gasteiger partial charge in [0.15, 0.2) is 17.3 Å². The Morgan fingerprint density at radius 2 is 1.85 bits per heavy atom. The molecule has 3 aliphatic carbocycles. The first kappa shape index (κ1) is 33.2. The van der Waals surface area contributed by atoms with Crippen molar-refractivity contribution in [3.05, 3.63) is 95.1 Å². The number of hydrogen-bond donors (Lipinski definition) is 3. The molecule has 2 aromatic rings. The van der Waals surface area contributed by atoms with Crippen molar-refractivity contribution in [2.24, 2.45) is 23.2 Å². The predicted molar refractivity (Wildman–Crippen MR) is 173 cm³/mol. The standard InChI is InChI=1S/C38H44O9/c1-22(2)28-14-24(4)38-29(33(28)46-37(43,47-38)20-25-10-8-7-9-11-25)15-27(19-36(42)34(41)23(3)18-35(36,38)5)21-45-32(40)17-26-12-13-30(39)31(16-26)44-6/h7-13,15-16,18,24,28-29,33,39,42-43H,1,14,17,19-21H2,2-6H3/t24-,28?,29+,33+,35-,36+,37?,38-/m1/s1. The van der Waals surface area contributed by atoms with E-state index >= 15 is 0 Å². The monoisotopic (exact) mass is 644 g/mol. The van der Waals surface area contributed by atoms with E-state index in [-0.39, 0.29) is 49.2 Å². The summed E-state index contributed by atoms with van der Waals surface area (Å²) in [4.78, 5) is 27.0. The number of ketones is 1. The largest absolute Gasteiger partial charge is 0.504 e. The summed E-state index contributed by atoms with van der Waals surface area (Å²) in [6.07, 6.45) is 3.63. The number of methoxy groups -OCH3 is 1. The summed E-state index contributed by atoms with van der Waals surface area (Å²) >= 11 is 0. The van der Waals surface area contributed by atoms with Crippen molar-refractivity contribution in [1.29, 1.82) is 0 Å². The maximum atomic E-state index is 13.9. The number of aromatic hydroxyl groups is 1. The first-order valence-electron chi connectivity index (χ1n) is 16.1. The van der Waals surface area contributed by atoms with Crippen LogP contribution >= 0.6 is 0 Å². The van der Waals surface area contributed by atoms with E-state index in [2.05, 4.69) is 6.58 Å². The van der Waals surface area contributed by atoms with Gasteiger partial charge in [-0.15, -0.1) is 0 Å². The van der Waals surface area contributed by atoms with Crippen LogP contribution in [0.2, 0.25) is 0 Å². The highest BCUT2D eigenvalue weighted by Gasteiger charge is 2.76. The molecule has 47 heavy (non-hydrogen) atoms. The van der Waals surface area contributed by atoms with Gasteiger partial charge in [-0.3, -0.25) is 9.59 Å². The fraction of sp³-hybridized carbons (Fsp3) is 0.474. The van der Waals surface area contributed by atoms with Gasteiger partial charge in [0.2, 0.25) is 0 Å². The van der Waals surface area contributed by atoms with Crippen molar-refractivity contribution < 1.29 is 43.9 Å². The molecule has 0 amide bonds. The van der Waals surface area contributed by atoms with Gasteiger partial charge in [-0.2, -0.15) is 0 Å². The Labute approximate surface area is 275 Å². The molecule has 8 atom stereocenters. The van der Waals surface area contributed by atoms with Gasteiger partial charge < -0.3 is 34.3 Å². The van der Waals surface area contributed by atoms with Crippen LogP contribution in [0.5, 0.6) is 11.5 Å². The van der Waals surface area contributed by atoms with Gasteiger partial charge in [0.25, 0.3) is 5.97 Å². The number of esters is 1. The molecule has 0 aromatic heterocycles. The van der Waals surface area contributed by atoms with Gasteiger partial charge in [-0.1, -0.05) is 74.5 Å². The highest BCUT2D eigenvalue weighted by molar-refractivity contribution is 6.05. The molecule has 4 aliphatic rings. The number of carbonyl (C=O) groups is 2. The normalized spacial score (nSPS) is 35.9. The molecular weight excluding hydrogens is 600 g/mol. The number of phenols is 1. The summed E-state index contributed by atoms with van der Waals surface area (Å²) in [5.74, 6) is -3.75. The van der Waals surface area contributed by atoms with Gasteiger partial charge >= 0.3 is 5.97 Å². The number of fused-ring (bicyclic) bond motifs is 1. The van der Waals surface area contributed by atoms with Crippen LogP contribution in [0.15, 0.2) is 84.0 Å². The zero-order valence-electron chi connectivity index (χ0n) is 27.6. The third-order valence-electron chi connectivity index (χ3n) is 11.0. The minimum Gasteiger partial charge on any atom is -0.504 e. The Bertz CT molecular complexity index is 1660. The summed E-state index contributed by atoms with van der Waals surface area (Å²) in [7, 11) is 1.43. The van der Waals surface area contributed by atoms with E-state index in [0.29, 0.717) is 23.1 Å². The predicted octanol–water partition coefficient (Wildman–Crippen LogP) is 4.97. The lowest BCUT2D eigenvalue weighted by molar-refractivity contribution is -0.485. The third-order valence-corrected chi connectivity index (χ3v) is 11.0. The summed E-state index contributed by atoms with van der Waals surface area (Å²) in [6, 6.07) is 14.1. The highest BCUT2D eigenvalue weighted by atomic mass is 16.8. The molecule has 9 heteroatoms. The quantitative estimate of drug-likeness (QED) is 0.269. The van der Waals surface area contributed by atoms with Crippen molar-refractivity contribution in [2.45, 2.75) is 76.7 Å². The molecule has 2 bridgehead atoms. The van der Waals surface area contributed by atoms with Gasteiger partial charge in [0, 0.05) is 18.3 Å². The molecule has 2 unspecified atom stereocenters. The fourth-order valence-corrected chi connectivity index (χ4v) is 8.78. The lowest BCUT2D eigenvalue weighted by Crippen LogP contribution is -2.76. The minimum absolute atomic E-state index is 0.0375. The smallest absolute Gasteiger partial charge is 0.310 e. The summed E-state index contributed by atoms with van der Waals surface area (Å²) in [5, 5.41) is 34.7. The topological polar surface area (TPSA) is 132 Å². The van der Waals surface area contributed by atoms with Crippen molar-refractivity contribution >= 4 is 11.8 Å². The number of phenolic OH excluding ortho intramolecular Hbond substituents is 1. The maximum absolute atomic E-state index is 13.9. The molecule has 1 saturated heterocycles. The van der Waals surface area contributed by atoms with Gasteiger partial charge in [0.05, 0.1) is 37.1 Å². The zero-order chi connectivity index (χ0) is 33.9. The first-order chi connectivity index (χ1) is 22.2. The van der Waals surface area contributed by atoms with E-state index in [0.717, 1.165) is 11.1 Å². The number of benzene rings is 2. The average molecular weight is 645 g/mol. The maximum Gasteiger partial charge on any atom is 0.310 e. The van der Waals surface area contributed by atoms with Crippen LogP contribution in [-0.2, 0) is 36.6 Å². The molecule has 0 spiro atoms. The van der Waals surface area contributed by atoms with E-state index in [1.165, 1.54) is 13.2 Å². The summed E-state index contributed by atoms with van der Waals surface area (Å²) in [6.45, 7) is 11.6. The third kappa shape index (κ3) is 5.24. The van der Waals surface area contributed by atoms with Crippen molar-refractivity contribution in [2.75, 3.05) is 13.7 Å².